The first kappa shape index (κ1) is 11.6. The summed E-state index contributed by atoms with van der Waals surface area (Å²) in [5.74, 6) is -0.296. The van der Waals surface area contributed by atoms with Crippen LogP contribution in [0.15, 0.2) is 0 Å². The largest absolute Gasteiger partial charge is 0.481 e. The van der Waals surface area contributed by atoms with Crippen molar-refractivity contribution >= 4 is 5.97 Å². The summed E-state index contributed by atoms with van der Waals surface area (Å²) in [6.45, 7) is 4.57. The van der Waals surface area contributed by atoms with Gasteiger partial charge < -0.3 is 9.84 Å². The molecule has 0 radical (unpaired) electrons. The molecule has 1 heterocycles. The Morgan fingerprint density at radius 1 is 1.53 bits per heavy atom. The summed E-state index contributed by atoms with van der Waals surface area (Å²) < 4.78 is 6.88. The van der Waals surface area contributed by atoms with Crippen LogP contribution < -0.4 is 4.74 Å². The molecule has 0 unspecified atom stereocenters. The summed E-state index contributed by atoms with van der Waals surface area (Å²) >= 11 is 0. The Morgan fingerprint density at radius 2 is 2.20 bits per heavy atom. The minimum atomic E-state index is -0.862. The predicted octanol–water partition coefficient (Wildman–Crippen LogP) is 1.10. The quantitative estimate of drug-likeness (QED) is 0.793. The highest BCUT2D eigenvalue weighted by molar-refractivity contribution is 5.71. The molecule has 5 heteroatoms. The van der Waals surface area contributed by atoms with Gasteiger partial charge in [0.2, 0.25) is 5.88 Å². The van der Waals surface area contributed by atoms with Crippen molar-refractivity contribution in [3.63, 3.8) is 0 Å². The van der Waals surface area contributed by atoms with E-state index in [0.717, 1.165) is 5.69 Å². The Bertz CT molecular complexity index is 358. The Morgan fingerprint density at radius 3 is 2.60 bits per heavy atom. The lowest BCUT2D eigenvalue weighted by Crippen LogP contribution is -2.04. The average molecular weight is 212 g/mol. The molecule has 0 aromatic carbocycles. The fourth-order valence-corrected chi connectivity index (χ4v) is 1.59. The van der Waals surface area contributed by atoms with Crippen LogP contribution in [-0.2, 0) is 24.2 Å². The van der Waals surface area contributed by atoms with Crippen molar-refractivity contribution in [2.45, 2.75) is 33.2 Å². The Hall–Kier alpha value is -1.52. The third-order valence-electron chi connectivity index (χ3n) is 2.24. The summed E-state index contributed by atoms with van der Waals surface area (Å²) in [6, 6.07) is 0. The average Bonchev–Trinajstić information content (AvgIpc) is 2.54. The maximum atomic E-state index is 10.7. The zero-order chi connectivity index (χ0) is 11.4. The molecule has 0 saturated heterocycles. The van der Waals surface area contributed by atoms with Crippen molar-refractivity contribution in [1.29, 1.82) is 0 Å². The van der Waals surface area contributed by atoms with Gasteiger partial charge in [0.15, 0.2) is 0 Å². The minimum absolute atomic E-state index is 0.0354. The molecule has 0 spiro atoms. The van der Waals surface area contributed by atoms with Crippen molar-refractivity contribution in [3.8, 4) is 5.88 Å². The van der Waals surface area contributed by atoms with Crippen molar-refractivity contribution in [1.82, 2.24) is 9.78 Å². The second-order valence-corrected chi connectivity index (χ2v) is 3.17. The normalized spacial score (nSPS) is 10.3. The highest BCUT2D eigenvalue weighted by atomic mass is 16.5. The zero-order valence-corrected chi connectivity index (χ0v) is 9.28. The number of aliphatic carboxylic acids is 1. The standard InChI is InChI=1S/C10H16N2O3/c1-4-8-7(6-9(13)14)10(15-3)12(5-2)11-8/h4-6H2,1-3H3,(H,13,14). The molecule has 15 heavy (non-hydrogen) atoms. The summed E-state index contributed by atoms with van der Waals surface area (Å²) in [5.41, 5.74) is 1.49. The van der Waals surface area contributed by atoms with Gasteiger partial charge in [0, 0.05) is 12.1 Å². The van der Waals surface area contributed by atoms with Gasteiger partial charge in [0.25, 0.3) is 0 Å². The van der Waals surface area contributed by atoms with Gasteiger partial charge >= 0.3 is 5.97 Å². The van der Waals surface area contributed by atoms with E-state index in [-0.39, 0.29) is 6.42 Å². The van der Waals surface area contributed by atoms with E-state index in [1.54, 1.807) is 4.68 Å². The first-order chi connectivity index (χ1) is 7.13. The number of ether oxygens (including phenoxy) is 1. The van der Waals surface area contributed by atoms with Crippen molar-refractivity contribution in [2.24, 2.45) is 0 Å². The van der Waals surface area contributed by atoms with Crippen LogP contribution >= 0.6 is 0 Å². The van der Waals surface area contributed by atoms with Gasteiger partial charge in [-0.15, -0.1) is 0 Å². The molecule has 1 N–H and O–H groups in total. The number of hydrogen-bond donors (Lipinski definition) is 1. The van der Waals surface area contributed by atoms with Crippen LogP contribution in [0.25, 0.3) is 0 Å². The summed E-state index contributed by atoms with van der Waals surface area (Å²) in [7, 11) is 1.54. The van der Waals surface area contributed by atoms with Crippen LogP contribution in [0.2, 0.25) is 0 Å². The van der Waals surface area contributed by atoms with Gasteiger partial charge in [0.05, 0.1) is 19.2 Å². The number of carboxylic acid groups (broad SMARTS) is 1. The second kappa shape index (κ2) is 4.82. The van der Waals surface area contributed by atoms with E-state index in [2.05, 4.69) is 5.10 Å². The number of carboxylic acids is 1. The molecule has 5 nitrogen and oxygen atoms in total. The third-order valence-corrected chi connectivity index (χ3v) is 2.24. The fourth-order valence-electron chi connectivity index (χ4n) is 1.59. The lowest BCUT2D eigenvalue weighted by Gasteiger charge is -2.04. The van der Waals surface area contributed by atoms with Crippen molar-refractivity contribution in [3.05, 3.63) is 11.3 Å². The van der Waals surface area contributed by atoms with Crippen LogP contribution in [-0.4, -0.2) is 28.0 Å². The minimum Gasteiger partial charge on any atom is -0.481 e. The molecule has 0 fully saturated rings. The molecule has 0 amide bonds. The maximum Gasteiger partial charge on any atom is 0.308 e. The van der Waals surface area contributed by atoms with Crippen LogP contribution in [0, 0.1) is 0 Å². The van der Waals surface area contributed by atoms with Gasteiger partial charge in [0.1, 0.15) is 0 Å². The van der Waals surface area contributed by atoms with E-state index < -0.39 is 5.97 Å². The third kappa shape index (κ3) is 2.29. The van der Waals surface area contributed by atoms with Gasteiger partial charge in [-0.2, -0.15) is 5.10 Å². The highest BCUT2D eigenvalue weighted by Gasteiger charge is 2.18. The SMILES string of the molecule is CCc1nn(CC)c(OC)c1CC(=O)O. The van der Waals surface area contributed by atoms with E-state index in [9.17, 15) is 4.79 Å². The lowest BCUT2D eigenvalue weighted by molar-refractivity contribution is -0.136. The van der Waals surface area contributed by atoms with E-state index in [4.69, 9.17) is 9.84 Å². The number of methoxy groups -OCH3 is 1. The molecule has 0 aliphatic rings. The van der Waals surface area contributed by atoms with Gasteiger partial charge in [-0.25, -0.2) is 4.68 Å². The van der Waals surface area contributed by atoms with Crippen LogP contribution in [0.3, 0.4) is 0 Å². The molecule has 1 aromatic heterocycles. The van der Waals surface area contributed by atoms with Crippen LogP contribution in [0.5, 0.6) is 5.88 Å². The van der Waals surface area contributed by atoms with Gasteiger partial charge in [-0.1, -0.05) is 6.92 Å². The molecule has 0 aliphatic carbocycles. The van der Waals surface area contributed by atoms with Gasteiger partial charge in [-0.05, 0) is 13.3 Å². The number of carbonyl (C=O) groups is 1. The van der Waals surface area contributed by atoms with E-state index >= 15 is 0 Å². The molecule has 0 saturated carbocycles. The molecule has 84 valence electrons. The lowest BCUT2D eigenvalue weighted by atomic mass is 10.1. The first-order valence-corrected chi connectivity index (χ1v) is 4.98. The van der Waals surface area contributed by atoms with Crippen molar-refractivity contribution < 1.29 is 14.6 Å². The molecular formula is C10H16N2O3. The smallest absolute Gasteiger partial charge is 0.308 e. The number of aromatic nitrogens is 2. The Kier molecular flexibility index (Phi) is 3.71. The summed E-state index contributed by atoms with van der Waals surface area (Å²) in [5, 5.41) is 13.1. The van der Waals surface area contributed by atoms with Crippen LogP contribution in [0.4, 0.5) is 0 Å². The number of aryl methyl sites for hydroxylation is 2. The topological polar surface area (TPSA) is 64.4 Å². The Balaban J connectivity index is 3.17. The molecule has 1 aromatic rings. The molecular weight excluding hydrogens is 196 g/mol. The first-order valence-electron chi connectivity index (χ1n) is 4.98. The molecule has 0 atom stereocenters. The molecule has 0 aliphatic heterocycles. The van der Waals surface area contributed by atoms with E-state index in [0.29, 0.717) is 24.4 Å². The van der Waals surface area contributed by atoms with E-state index in [1.807, 2.05) is 13.8 Å². The molecule has 1 rings (SSSR count). The highest BCUT2D eigenvalue weighted by Crippen LogP contribution is 2.23. The zero-order valence-electron chi connectivity index (χ0n) is 9.28. The van der Waals surface area contributed by atoms with E-state index in [1.165, 1.54) is 7.11 Å². The fraction of sp³-hybridized carbons (Fsp3) is 0.600. The number of nitrogens with zero attached hydrogens (tertiary/aromatic N) is 2. The number of rotatable bonds is 5. The maximum absolute atomic E-state index is 10.7. The predicted molar refractivity (Wildman–Crippen MR) is 55.2 cm³/mol. The van der Waals surface area contributed by atoms with Crippen molar-refractivity contribution in [2.75, 3.05) is 7.11 Å². The van der Waals surface area contributed by atoms with Gasteiger partial charge in [-0.3, -0.25) is 4.79 Å². The molecule has 0 bridgehead atoms. The van der Waals surface area contributed by atoms with Crippen LogP contribution in [0.1, 0.15) is 25.1 Å². The Labute approximate surface area is 88.7 Å². The number of hydrogen-bond acceptors (Lipinski definition) is 3. The second-order valence-electron chi connectivity index (χ2n) is 3.17. The summed E-state index contributed by atoms with van der Waals surface area (Å²) in [4.78, 5) is 10.7. The monoisotopic (exact) mass is 212 g/mol. The summed E-state index contributed by atoms with van der Waals surface area (Å²) in [6.07, 6.45) is 0.679.